The third-order valence-corrected chi connectivity index (χ3v) is 4.19. The molecule has 7 heteroatoms. The second-order valence-electron chi connectivity index (χ2n) is 5.67. The lowest BCUT2D eigenvalue weighted by Gasteiger charge is -2.26. The number of rotatable bonds is 3. The summed E-state index contributed by atoms with van der Waals surface area (Å²) in [6, 6.07) is 6.20. The lowest BCUT2D eigenvalue weighted by atomic mass is 9.93. The van der Waals surface area contributed by atoms with Crippen LogP contribution in [0.4, 0.5) is 4.39 Å². The van der Waals surface area contributed by atoms with Crippen LogP contribution in [-0.4, -0.2) is 28.3 Å². The third kappa shape index (κ3) is 3.54. The molecule has 5 nitrogen and oxygen atoms in total. The van der Waals surface area contributed by atoms with E-state index < -0.39 is 17.8 Å². The van der Waals surface area contributed by atoms with Gasteiger partial charge >= 0.3 is 0 Å². The largest absolute Gasteiger partial charge is 0.393 e. The van der Waals surface area contributed by atoms with E-state index in [1.807, 2.05) is 0 Å². The van der Waals surface area contributed by atoms with Gasteiger partial charge in [0.2, 0.25) is 17.3 Å². The van der Waals surface area contributed by atoms with Gasteiger partial charge in [0.1, 0.15) is 0 Å². The smallest absolute Gasteiger partial charge is 0.276 e. The Hall–Kier alpha value is -1.92. The van der Waals surface area contributed by atoms with Crippen molar-refractivity contribution in [3.05, 3.63) is 40.8 Å². The van der Waals surface area contributed by atoms with Gasteiger partial charge in [0.05, 0.1) is 6.10 Å². The Morgan fingerprint density at radius 3 is 2.78 bits per heavy atom. The number of aromatic nitrogens is 1. The van der Waals surface area contributed by atoms with Crippen LogP contribution in [0.15, 0.2) is 28.8 Å². The lowest BCUT2D eigenvalue weighted by molar-refractivity contribution is 0.0839. The molecule has 1 aromatic heterocycles. The van der Waals surface area contributed by atoms with Gasteiger partial charge in [-0.15, -0.1) is 0 Å². The highest BCUT2D eigenvalue weighted by atomic mass is 35.5. The predicted molar refractivity (Wildman–Crippen MR) is 82.6 cm³/mol. The summed E-state index contributed by atoms with van der Waals surface area (Å²) in [6.45, 7) is 0. The number of aliphatic hydroxyl groups is 1. The molecule has 0 unspecified atom stereocenters. The molecule has 0 saturated heterocycles. The Balaban J connectivity index is 1.75. The number of halogens is 2. The summed E-state index contributed by atoms with van der Waals surface area (Å²) in [5, 5.41) is 16.4. The van der Waals surface area contributed by atoms with Crippen LogP contribution in [-0.2, 0) is 0 Å². The second-order valence-corrected chi connectivity index (χ2v) is 6.11. The second kappa shape index (κ2) is 6.68. The molecule has 0 spiro atoms. The first-order valence-electron chi connectivity index (χ1n) is 7.44. The van der Waals surface area contributed by atoms with Gasteiger partial charge in [0.25, 0.3) is 5.91 Å². The molecule has 0 aliphatic heterocycles. The van der Waals surface area contributed by atoms with Crippen LogP contribution >= 0.6 is 11.6 Å². The number of amides is 1. The van der Waals surface area contributed by atoms with Crippen molar-refractivity contribution in [3.8, 4) is 11.3 Å². The number of hydrogen-bond donors (Lipinski definition) is 2. The molecule has 1 aliphatic rings. The molecule has 1 aliphatic carbocycles. The zero-order valence-corrected chi connectivity index (χ0v) is 13.0. The van der Waals surface area contributed by atoms with Crippen molar-refractivity contribution in [1.29, 1.82) is 0 Å². The van der Waals surface area contributed by atoms with Gasteiger partial charge < -0.3 is 14.9 Å². The van der Waals surface area contributed by atoms with E-state index in [1.165, 1.54) is 0 Å². The fourth-order valence-corrected chi connectivity index (χ4v) is 2.88. The van der Waals surface area contributed by atoms with Crippen molar-refractivity contribution in [2.45, 2.75) is 37.8 Å². The minimum Gasteiger partial charge on any atom is -0.393 e. The van der Waals surface area contributed by atoms with Crippen molar-refractivity contribution in [3.63, 3.8) is 0 Å². The summed E-state index contributed by atoms with van der Waals surface area (Å²) in [7, 11) is 0. The molecule has 122 valence electrons. The molecule has 0 radical (unpaired) electrons. The molecule has 1 fully saturated rings. The molecule has 0 bridgehead atoms. The normalized spacial score (nSPS) is 21.2. The first kappa shape index (κ1) is 16.0. The van der Waals surface area contributed by atoms with E-state index in [0.717, 1.165) is 19.3 Å². The van der Waals surface area contributed by atoms with E-state index in [4.69, 9.17) is 16.1 Å². The molecule has 2 N–H and O–H groups in total. The standard InChI is InChI=1S/C16H16ClFN2O3/c17-10-6-4-9(5-7-10)15-13(18)14(20-23-15)16(22)19-11-2-1-3-12(21)8-11/h4-7,11-12,21H,1-3,8H2,(H,19,22)/t11-,12+/m1/s1. The zero-order chi connectivity index (χ0) is 16.4. The fourth-order valence-electron chi connectivity index (χ4n) is 2.75. The first-order valence-corrected chi connectivity index (χ1v) is 7.82. The van der Waals surface area contributed by atoms with E-state index in [2.05, 4.69) is 10.5 Å². The summed E-state index contributed by atoms with van der Waals surface area (Å²) < 4.78 is 19.4. The minimum atomic E-state index is -0.804. The SMILES string of the molecule is O=C(N[C@@H]1CCC[C@H](O)C1)c1noc(-c2ccc(Cl)cc2)c1F. The van der Waals surface area contributed by atoms with Crippen molar-refractivity contribution in [2.24, 2.45) is 0 Å². The average Bonchev–Trinajstić information content (AvgIpc) is 2.90. The number of aliphatic hydroxyl groups excluding tert-OH is 1. The Morgan fingerprint density at radius 1 is 1.35 bits per heavy atom. The van der Waals surface area contributed by atoms with E-state index in [0.29, 0.717) is 17.0 Å². The molecule has 2 atom stereocenters. The van der Waals surface area contributed by atoms with Crippen molar-refractivity contribution in [1.82, 2.24) is 10.5 Å². The van der Waals surface area contributed by atoms with Crippen molar-refractivity contribution in [2.75, 3.05) is 0 Å². The fraction of sp³-hybridized carbons (Fsp3) is 0.375. The number of benzene rings is 1. The van der Waals surface area contributed by atoms with Crippen LogP contribution in [0.5, 0.6) is 0 Å². The van der Waals surface area contributed by atoms with Crippen LogP contribution in [0, 0.1) is 5.82 Å². The highest BCUT2D eigenvalue weighted by molar-refractivity contribution is 6.30. The summed E-state index contributed by atoms with van der Waals surface area (Å²) in [4.78, 5) is 12.2. The Morgan fingerprint density at radius 2 is 2.09 bits per heavy atom. The molecule has 23 heavy (non-hydrogen) atoms. The molecule has 1 aromatic carbocycles. The van der Waals surface area contributed by atoms with Gasteiger partial charge in [0, 0.05) is 16.6 Å². The van der Waals surface area contributed by atoms with E-state index in [-0.39, 0.29) is 17.5 Å². The highest BCUT2D eigenvalue weighted by Gasteiger charge is 2.27. The van der Waals surface area contributed by atoms with Crippen LogP contribution in [0.25, 0.3) is 11.3 Å². The van der Waals surface area contributed by atoms with E-state index in [9.17, 15) is 14.3 Å². The first-order chi connectivity index (χ1) is 11.0. The predicted octanol–water partition coefficient (Wildman–Crippen LogP) is 3.17. The van der Waals surface area contributed by atoms with Gasteiger partial charge in [-0.3, -0.25) is 4.79 Å². The Labute approximate surface area is 137 Å². The van der Waals surface area contributed by atoms with Crippen LogP contribution < -0.4 is 5.32 Å². The summed E-state index contributed by atoms with van der Waals surface area (Å²) in [6.07, 6.45) is 2.34. The summed E-state index contributed by atoms with van der Waals surface area (Å²) in [5.74, 6) is -1.54. The van der Waals surface area contributed by atoms with Crippen LogP contribution in [0.1, 0.15) is 36.2 Å². The molecule has 1 amide bonds. The van der Waals surface area contributed by atoms with Crippen molar-refractivity contribution < 1.29 is 18.8 Å². The molecule has 3 rings (SSSR count). The molecule has 1 saturated carbocycles. The summed E-state index contributed by atoms with van der Waals surface area (Å²) >= 11 is 5.79. The third-order valence-electron chi connectivity index (χ3n) is 3.94. The number of carbonyl (C=O) groups excluding carboxylic acids is 1. The van der Waals surface area contributed by atoms with E-state index in [1.54, 1.807) is 24.3 Å². The molecule has 1 heterocycles. The molecular weight excluding hydrogens is 323 g/mol. The minimum absolute atomic E-state index is 0.101. The van der Waals surface area contributed by atoms with Gasteiger partial charge in [-0.25, -0.2) is 0 Å². The monoisotopic (exact) mass is 338 g/mol. The highest BCUT2D eigenvalue weighted by Crippen LogP contribution is 2.26. The van der Waals surface area contributed by atoms with Crippen LogP contribution in [0.3, 0.4) is 0 Å². The zero-order valence-electron chi connectivity index (χ0n) is 12.3. The topological polar surface area (TPSA) is 75.4 Å². The maximum absolute atomic E-state index is 14.4. The van der Waals surface area contributed by atoms with Gasteiger partial charge in [-0.2, -0.15) is 4.39 Å². The maximum Gasteiger partial charge on any atom is 0.276 e. The van der Waals surface area contributed by atoms with Gasteiger partial charge in [-0.1, -0.05) is 16.8 Å². The van der Waals surface area contributed by atoms with Gasteiger partial charge in [-0.05, 0) is 49.9 Å². The lowest BCUT2D eigenvalue weighted by Crippen LogP contribution is -2.40. The number of hydrogen-bond acceptors (Lipinski definition) is 4. The summed E-state index contributed by atoms with van der Waals surface area (Å²) in [5.41, 5.74) is 0.0709. The Kier molecular flexibility index (Phi) is 4.63. The van der Waals surface area contributed by atoms with E-state index >= 15 is 0 Å². The average molecular weight is 339 g/mol. The quantitative estimate of drug-likeness (QED) is 0.901. The molecular formula is C16H16ClFN2O3. The number of nitrogens with one attached hydrogen (secondary N) is 1. The van der Waals surface area contributed by atoms with Crippen molar-refractivity contribution >= 4 is 17.5 Å². The van der Waals surface area contributed by atoms with Gasteiger partial charge in [0.15, 0.2) is 0 Å². The number of nitrogens with zero attached hydrogens (tertiary/aromatic N) is 1. The number of carbonyl (C=O) groups is 1. The maximum atomic E-state index is 14.4. The van der Waals surface area contributed by atoms with Crippen LogP contribution in [0.2, 0.25) is 5.02 Å². The molecule has 2 aromatic rings. The Bertz CT molecular complexity index is 702.